The molecule has 0 saturated carbocycles. The van der Waals surface area contributed by atoms with E-state index < -0.39 is 0 Å². The van der Waals surface area contributed by atoms with E-state index in [-0.39, 0.29) is 5.95 Å². The van der Waals surface area contributed by atoms with Crippen LogP contribution in [0.3, 0.4) is 0 Å². The maximum absolute atomic E-state index is 5.69. The van der Waals surface area contributed by atoms with E-state index in [2.05, 4.69) is 15.0 Å². The molecule has 6 heteroatoms. The van der Waals surface area contributed by atoms with Crippen molar-refractivity contribution in [3.05, 3.63) is 36.2 Å². The zero-order valence-corrected chi connectivity index (χ0v) is 9.78. The minimum atomic E-state index is 0.235. The first-order valence-corrected chi connectivity index (χ1v) is 5.73. The van der Waals surface area contributed by atoms with Gasteiger partial charge in [0.2, 0.25) is 11.9 Å². The molecule has 18 heavy (non-hydrogen) atoms. The van der Waals surface area contributed by atoms with Crippen molar-refractivity contribution >= 4 is 11.9 Å². The fourth-order valence-electron chi connectivity index (χ4n) is 1.95. The Kier molecular flexibility index (Phi) is 2.68. The number of nitrogens with zero attached hydrogens (tertiary/aromatic N) is 4. The van der Waals surface area contributed by atoms with Gasteiger partial charge in [-0.1, -0.05) is 18.2 Å². The third-order valence-electron chi connectivity index (χ3n) is 2.81. The number of benzene rings is 1. The quantitative estimate of drug-likeness (QED) is 0.800. The predicted molar refractivity (Wildman–Crippen MR) is 67.2 cm³/mol. The highest BCUT2D eigenvalue weighted by atomic mass is 16.5. The lowest BCUT2D eigenvalue weighted by Gasteiger charge is -2.19. The topological polar surface area (TPSA) is 77.2 Å². The molecule has 92 valence electrons. The van der Waals surface area contributed by atoms with Crippen LogP contribution in [0.15, 0.2) is 30.6 Å². The van der Waals surface area contributed by atoms with Crippen LogP contribution >= 0.6 is 0 Å². The number of anilines is 2. The molecule has 0 spiro atoms. The average molecular weight is 243 g/mol. The Morgan fingerprint density at radius 3 is 3.00 bits per heavy atom. The fourth-order valence-corrected chi connectivity index (χ4v) is 1.95. The molecule has 0 saturated heterocycles. The van der Waals surface area contributed by atoms with Gasteiger partial charge in [0.05, 0.1) is 6.54 Å². The number of fused-ring (bicyclic) bond motifs is 1. The van der Waals surface area contributed by atoms with Crippen LogP contribution in [-0.2, 0) is 6.54 Å². The maximum Gasteiger partial charge on any atom is 0.230 e. The highest BCUT2D eigenvalue weighted by Gasteiger charge is 2.17. The number of nitrogen functional groups attached to an aromatic ring is 1. The molecule has 2 aromatic rings. The number of rotatable bonds is 1. The fraction of sp³-hybridized carbons (Fsp3) is 0.250. The summed E-state index contributed by atoms with van der Waals surface area (Å²) in [6.07, 6.45) is 1.43. The van der Waals surface area contributed by atoms with Crippen LogP contribution in [0.4, 0.5) is 11.9 Å². The van der Waals surface area contributed by atoms with Gasteiger partial charge in [0.1, 0.15) is 18.7 Å². The molecule has 6 nitrogen and oxygen atoms in total. The number of ether oxygens (including phenoxy) is 1. The van der Waals surface area contributed by atoms with Crippen molar-refractivity contribution in [2.24, 2.45) is 0 Å². The van der Waals surface area contributed by atoms with Crippen molar-refractivity contribution in [3.8, 4) is 5.75 Å². The highest BCUT2D eigenvalue weighted by molar-refractivity contribution is 5.41. The van der Waals surface area contributed by atoms with Crippen molar-refractivity contribution < 1.29 is 4.74 Å². The van der Waals surface area contributed by atoms with Crippen molar-refractivity contribution in [2.75, 3.05) is 23.8 Å². The molecule has 2 N–H and O–H groups in total. The summed E-state index contributed by atoms with van der Waals surface area (Å²) in [4.78, 5) is 14.1. The predicted octanol–water partition coefficient (Wildman–Crippen LogP) is 0.853. The molecule has 0 amide bonds. The van der Waals surface area contributed by atoms with E-state index in [0.717, 1.165) is 17.9 Å². The van der Waals surface area contributed by atoms with Crippen LogP contribution in [-0.4, -0.2) is 28.1 Å². The third kappa shape index (κ3) is 2.04. The van der Waals surface area contributed by atoms with Crippen LogP contribution in [0.1, 0.15) is 5.56 Å². The van der Waals surface area contributed by atoms with Gasteiger partial charge in [-0.25, -0.2) is 9.97 Å². The summed E-state index contributed by atoms with van der Waals surface area (Å²) >= 11 is 0. The van der Waals surface area contributed by atoms with Crippen LogP contribution in [0.2, 0.25) is 0 Å². The molecule has 3 rings (SSSR count). The molecule has 0 fully saturated rings. The van der Waals surface area contributed by atoms with Crippen LogP contribution in [0.5, 0.6) is 5.75 Å². The molecule has 1 aromatic heterocycles. The molecular weight excluding hydrogens is 230 g/mol. The number of hydrogen-bond acceptors (Lipinski definition) is 6. The molecule has 0 bridgehead atoms. The summed E-state index contributed by atoms with van der Waals surface area (Å²) in [5.74, 6) is 1.74. The SMILES string of the molecule is Nc1ncnc(N2CCOc3ccccc3C2)n1. The Hall–Kier alpha value is -2.37. The second-order valence-corrected chi connectivity index (χ2v) is 4.02. The minimum absolute atomic E-state index is 0.235. The summed E-state index contributed by atoms with van der Waals surface area (Å²) in [6, 6.07) is 7.97. The zero-order valence-electron chi connectivity index (χ0n) is 9.78. The van der Waals surface area contributed by atoms with E-state index in [1.807, 2.05) is 29.2 Å². The van der Waals surface area contributed by atoms with Gasteiger partial charge in [-0.05, 0) is 6.07 Å². The molecule has 0 radical (unpaired) electrons. The lowest BCUT2D eigenvalue weighted by Crippen LogP contribution is -2.27. The Labute approximate surface area is 104 Å². The Balaban J connectivity index is 1.91. The Morgan fingerprint density at radius 2 is 2.11 bits per heavy atom. The van der Waals surface area contributed by atoms with Gasteiger partial charge in [0, 0.05) is 12.1 Å². The highest BCUT2D eigenvalue weighted by Crippen LogP contribution is 2.24. The Morgan fingerprint density at radius 1 is 1.22 bits per heavy atom. The number of aromatic nitrogens is 3. The van der Waals surface area contributed by atoms with Crippen LogP contribution in [0, 0.1) is 0 Å². The maximum atomic E-state index is 5.69. The number of nitrogens with two attached hydrogens (primary N) is 1. The molecule has 1 aliphatic heterocycles. The van der Waals surface area contributed by atoms with E-state index in [4.69, 9.17) is 10.5 Å². The third-order valence-corrected chi connectivity index (χ3v) is 2.81. The van der Waals surface area contributed by atoms with Gasteiger partial charge < -0.3 is 15.4 Å². The van der Waals surface area contributed by atoms with Gasteiger partial charge >= 0.3 is 0 Å². The first-order valence-electron chi connectivity index (χ1n) is 5.73. The van der Waals surface area contributed by atoms with E-state index in [9.17, 15) is 0 Å². The molecule has 0 atom stereocenters. The molecule has 0 aliphatic carbocycles. The summed E-state index contributed by atoms with van der Waals surface area (Å²) in [5, 5.41) is 0. The molecule has 0 unspecified atom stereocenters. The van der Waals surface area contributed by atoms with E-state index in [0.29, 0.717) is 19.1 Å². The largest absolute Gasteiger partial charge is 0.491 e. The van der Waals surface area contributed by atoms with Gasteiger partial charge in [0.15, 0.2) is 0 Å². The molecule has 2 heterocycles. The van der Waals surface area contributed by atoms with E-state index in [1.54, 1.807) is 0 Å². The van der Waals surface area contributed by atoms with E-state index >= 15 is 0 Å². The normalized spacial score (nSPS) is 14.6. The molecule has 1 aromatic carbocycles. The second kappa shape index (κ2) is 4.48. The Bertz CT molecular complexity index is 560. The standard InChI is InChI=1S/C12H13N5O/c13-11-14-8-15-12(16-11)17-5-6-18-10-4-2-1-3-9(10)7-17/h1-4,8H,5-7H2,(H2,13,14,15,16). The number of para-hydroxylation sites is 1. The lowest BCUT2D eigenvalue weighted by atomic mass is 10.2. The van der Waals surface area contributed by atoms with Gasteiger partial charge in [-0.15, -0.1) is 0 Å². The first-order chi connectivity index (χ1) is 8.83. The van der Waals surface area contributed by atoms with Crippen molar-refractivity contribution in [1.82, 2.24) is 15.0 Å². The van der Waals surface area contributed by atoms with E-state index in [1.165, 1.54) is 6.33 Å². The minimum Gasteiger partial charge on any atom is -0.491 e. The molecule has 1 aliphatic rings. The van der Waals surface area contributed by atoms with Crippen molar-refractivity contribution in [1.29, 1.82) is 0 Å². The number of hydrogen-bond donors (Lipinski definition) is 1. The molecular formula is C12H13N5O. The smallest absolute Gasteiger partial charge is 0.230 e. The lowest BCUT2D eigenvalue weighted by molar-refractivity contribution is 0.331. The average Bonchev–Trinajstić information content (AvgIpc) is 2.60. The monoisotopic (exact) mass is 243 g/mol. The zero-order chi connectivity index (χ0) is 12.4. The van der Waals surface area contributed by atoms with Gasteiger partial charge in [-0.2, -0.15) is 4.98 Å². The van der Waals surface area contributed by atoms with Gasteiger partial charge in [-0.3, -0.25) is 0 Å². The van der Waals surface area contributed by atoms with Crippen molar-refractivity contribution in [2.45, 2.75) is 6.54 Å². The van der Waals surface area contributed by atoms with Crippen LogP contribution < -0.4 is 15.4 Å². The summed E-state index contributed by atoms with van der Waals surface area (Å²) in [5.41, 5.74) is 6.70. The second-order valence-electron chi connectivity index (χ2n) is 4.02. The summed E-state index contributed by atoms with van der Waals surface area (Å²) < 4.78 is 5.69. The van der Waals surface area contributed by atoms with Crippen molar-refractivity contribution in [3.63, 3.8) is 0 Å². The first kappa shape index (κ1) is 10.8. The van der Waals surface area contributed by atoms with Gasteiger partial charge in [0.25, 0.3) is 0 Å². The van der Waals surface area contributed by atoms with Crippen LogP contribution in [0.25, 0.3) is 0 Å². The summed E-state index contributed by atoms with van der Waals surface area (Å²) in [7, 11) is 0. The summed E-state index contributed by atoms with van der Waals surface area (Å²) in [6.45, 7) is 2.03.